The Labute approximate surface area is 186 Å². The van der Waals surface area contributed by atoms with Crippen LogP contribution in [0.2, 0.25) is 0 Å². The molecule has 1 saturated carbocycles. The summed E-state index contributed by atoms with van der Waals surface area (Å²) in [4.78, 5) is 14.3. The Kier molecular flexibility index (Phi) is 6.66. The van der Waals surface area contributed by atoms with Crippen LogP contribution < -0.4 is 0 Å². The lowest BCUT2D eigenvalue weighted by atomic mass is 9.95. The van der Waals surface area contributed by atoms with Crippen LogP contribution in [0.15, 0.2) is 29.4 Å². The summed E-state index contributed by atoms with van der Waals surface area (Å²) in [6, 6.07) is 6.44. The molecule has 1 aromatic carbocycles. The molecule has 2 aliphatic rings. The zero-order chi connectivity index (χ0) is 22.0. The van der Waals surface area contributed by atoms with Gasteiger partial charge in [0.2, 0.25) is 5.91 Å². The van der Waals surface area contributed by atoms with Crippen molar-refractivity contribution < 1.29 is 17.6 Å². The van der Waals surface area contributed by atoms with Crippen LogP contribution in [0.25, 0.3) is 11.4 Å². The number of sulfone groups is 1. The second kappa shape index (κ2) is 9.28. The van der Waals surface area contributed by atoms with E-state index in [4.69, 9.17) is 0 Å². The van der Waals surface area contributed by atoms with Gasteiger partial charge < -0.3 is 4.90 Å². The van der Waals surface area contributed by atoms with Crippen LogP contribution in [0.1, 0.15) is 44.6 Å². The first-order chi connectivity index (χ1) is 14.9. The van der Waals surface area contributed by atoms with Crippen molar-refractivity contribution in [1.29, 1.82) is 0 Å². The molecule has 1 aromatic heterocycles. The maximum atomic E-state index is 14.5. The maximum Gasteiger partial charge on any atom is 0.233 e. The molecule has 1 unspecified atom stereocenters. The first-order valence-electron chi connectivity index (χ1n) is 10.6. The second-order valence-electron chi connectivity index (χ2n) is 8.30. The third kappa shape index (κ3) is 4.95. The number of amides is 1. The summed E-state index contributed by atoms with van der Waals surface area (Å²) in [5, 5.41) is 9.20. The summed E-state index contributed by atoms with van der Waals surface area (Å²) in [5.41, 5.74) is 0.409. The van der Waals surface area contributed by atoms with Crippen LogP contribution in [-0.2, 0) is 14.6 Å². The lowest BCUT2D eigenvalue weighted by Crippen LogP contribution is -2.38. The molecule has 0 spiro atoms. The quantitative estimate of drug-likeness (QED) is 0.607. The van der Waals surface area contributed by atoms with E-state index in [1.165, 1.54) is 29.1 Å². The van der Waals surface area contributed by atoms with E-state index in [2.05, 4.69) is 10.2 Å². The topological polar surface area (TPSA) is 85.2 Å². The minimum absolute atomic E-state index is 0.0234. The zero-order valence-corrected chi connectivity index (χ0v) is 19.2. The molecule has 0 N–H and O–H groups in total. The molecule has 7 nitrogen and oxygen atoms in total. The van der Waals surface area contributed by atoms with Gasteiger partial charge in [0.05, 0.1) is 22.8 Å². The van der Waals surface area contributed by atoms with Gasteiger partial charge in [0.15, 0.2) is 20.8 Å². The number of halogens is 1. The SMILES string of the molecule is CN(C(=O)CSc1nnc(-c2ccccc2F)n1C1CCCCC1)C1CCS(=O)(=O)C1. The predicted octanol–water partition coefficient (Wildman–Crippen LogP) is 3.33. The molecule has 1 aliphatic carbocycles. The number of hydrogen-bond donors (Lipinski definition) is 0. The number of rotatable bonds is 6. The van der Waals surface area contributed by atoms with E-state index in [-0.39, 0.29) is 41.1 Å². The minimum Gasteiger partial charge on any atom is -0.341 e. The van der Waals surface area contributed by atoms with Crippen LogP contribution in [0, 0.1) is 5.82 Å². The van der Waals surface area contributed by atoms with E-state index in [1.807, 2.05) is 4.57 Å². The van der Waals surface area contributed by atoms with Gasteiger partial charge in [-0.05, 0) is 31.4 Å². The van der Waals surface area contributed by atoms with Crippen molar-refractivity contribution in [3.63, 3.8) is 0 Å². The van der Waals surface area contributed by atoms with E-state index in [1.54, 1.807) is 25.2 Å². The summed E-state index contributed by atoms with van der Waals surface area (Å²) in [6.45, 7) is 0. The molecule has 0 radical (unpaired) electrons. The highest BCUT2D eigenvalue weighted by atomic mass is 32.2. The van der Waals surface area contributed by atoms with E-state index in [0.717, 1.165) is 25.7 Å². The molecule has 2 heterocycles. The third-order valence-corrected chi connectivity index (χ3v) is 8.87. The van der Waals surface area contributed by atoms with Gasteiger partial charge >= 0.3 is 0 Å². The Bertz CT molecular complexity index is 1050. The van der Waals surface area contributed by atoms with Crippen molar-refractivity contribution in [3.8, 4) is 11.4 Å². The summed E-state index contributed by atoms with van der Waals surface area (Å²) in [6.07, 6.45) is 5.80. The molecule has 4 rings (SSSR count). The Balaban J connectivity index is 1.54. The Morgan fingerprint density at radius 2 is 1.94 bits per heavy atom. The first kappa shape index (κ1) is 22.3. The summed E-state index contributed by atoms with van der Waals surface area (Å²) in [5.74, 6) is 0.296. The largest absolute Gasteiger partial charge is 0.341 e. The van der Waals surface area contributed by atoms with Crippen molar-refractivity contribution in [2.75, 3.05) is 24.3 Å². The maximum absolute atomic E-state index is 14.5. The molecule has 2 fully saturated rings. The van der Waals surface area contributed by atoms with E-state index >= 15 is 0 Å². The molecule has 1 saturated heterocycles. The van der Waals surface area contributed by atoms with Crippen molar-refractivity contribution >= 4 is 27.5 Å². The van der Waals surface area contributed by atoms with Crippen molar-refractivity contribution in [2.45, 2.75) is 55.8 Å². The average molecular weight is 467 g/mol. The lowest BCUT2D eigenvalue weighted by Gasteiger charge is -2.26. The molecule has 2 aromatic rings. The molecule has 1 amide bonds. The van der Waals surface area contributed by atoms with Crippen molar-refractivity contribution in [1.82, 2.24) is 19.7 Å². The van der Waals surface area contributed by atoms with Crippen molar-refractivity contribution in [2.24, 2.45) is 0 Å². The number of nitrogens with zero attached hydrogens (tertiary/aromatic N) is 4. The van der Waals surface area contributed by atoms with Crippen LogP contribution in [0.3, 0.4) is 0 Å². The molecule has 10 heteroatoms. The highest BCUT2D eigenvalue weighted by molar-refractivity contribution is 7.99. The van der Waals surface area contributed by atoms with E-state index in [9.17, 15) is 17.6 Å². The Morgan fingerprint density at radius 3 is 2.61 bits per heavy atom. The normalized spacial score (nSPS) is 21.3. The molecular weight excluding hydrogens is 439 g/mol. The van der Waals surface area contributed by atoms with Gasteiger partial charge in [-0.15, -0.1) is 10.2 Å². The van der Waals surface area contributed by atoms with E-state index < -0.39 is 9.84 Å². The highest BCUT2D eigenvalue weighted by Crippen LogP contribution is 2.36. The number of aromatic nitrogens is 3. The lowest BCUT2D eigenvalue weighted by molar-refractivity contribution is -0.128. The molecule has 168 valence electrons. The predicted molar refractivity (Wildman–Crippen MR) is 118 cm³/mol. The van der Waals surface area contributed by atoms with Gasteiger partial charge in [-0.3, -0.25) is 9.36 Å². The van der Waals surface area contributed by atoms with E-state index in [0.29, 0.717) is 23.0 Å². The minimum atomic E-state index is -3.06. The number of hydrogen-bond acceptors (Lipinski definition) is 6. The van der Waals surface area contributed by atoms with Gasteiger partial charge in [0.1, 0.15) is 5.82 Å². The highest BCUT2D eigenvalue weighted by Gasteiger charge is 2.33. The Morgan fingerprint density at radius 1 is 1.19 bits per heavy atom. The van der Waals surface area contributed by atoms with Crippen LogP contribution in [0.4, 0.5) is 4.39 Å². The van der Waals surface area contributed by atoms with Crippen LogP contribution in [0.5, 0.6) is 0 Å². The molecule has 31 heavy (non-hydrogen) atoms. The zero-order valence-electron chi connectivity index (χ0n) is 17.5. The second-order valence-corrected chi connectivity index (χ2v) is 11.5. The molecule has 1 atom stereocenters. The van der Waals surface area contributed by atoms with Gasteiger partial charge in [0, 0.05) is 19.1 Å². The monoisotopic (exact) mass is 466 g/mol. The summed E-state index contributed by atoms with van der Waals surface area (Å²) >= 11 is 1.28. The number of carbonyl (C=O) groups excluding carboxylic acids is 1. The first-order valence-corrected chi connectivity index (χ1v) is 13.4. The van der Waals surface area contributed by atoms with Crippen LogP contribution >= 0.6 is 11.8 Å². The summed E-state index contributed by atoms with van der Waals surface area (Å²) < 4.78 is 40.0. The smallest absolute Gasteiger partial charge is 0.233 e. The number of thioether (sulfide) groups is 1. The van der Waals surface area contributed by atoms with Crippen LogP contribution in [-0.4, -0.2) is 64.3 Å². The molecule has 1 aliphatic heterocycles. The van der Waals surface area contributed by atoms with Gasteiger partial charge in [0.25, 0.3) is 0 Å². The Hall–Kier alpha value is -1.94. The third-order valence-electron chi connectivity index (χ3n) is 6.19. The number of benzene rings is 1. The number of carbonyl (C=O) groups is 1. The van der Waals surface area contributed by atoms with Gasteiger partial charge in [-0.2, -0.15) is 0 Å². The molecule has 0 bridgehead atoms. The summed E-state index contributed by atoms with van der Waals surface area (Å²) in [7, 11) is -1.40. The van der Waals surface area contributed by atoms with Gasteiger partial charge in [-0.25, -0.2) is 12.8 Å². The fourth-order valence-electron chi connectivity index (χ4n) is 4.38. The fourth-order valence-corrected chi connectivity index (χ4v) is 7.09. The van der Waals surface area contributed by atoms with Crippen molar-refractivity contribution in [3.05, 3.63) is 30.1 Å². The fraction of sp³-hybridized carbons (Fsp3) is 0.571. The van der Waals surface area contributed by atoms with Gasteiger partial charge in [-0.1, -0.05) is 43.2 Å². The average Bonchev–Trinajstić information content (AvgIpc) is 3.35. The standard InChI is InChI=1S/C21H27FN4O3S2/c1-25(16-11-12-31(28,29)14-16)19(27)13-30-21-24-23-20(17-9-5-6-10-18(17)22)26(21)15-7-3-2-4-8-15/h5-6,9-10,15-16H,2-4,7-8,11-14H2,1H3. The molecular formula is C21H27FN4O3S2.